The second-order valence-corrected chi connectivity index (χ2v) is 5.87. The number of nitrogen functional groups attached to an aromatic ring is 1. The predicted octanol–water partition coefficient (Wildman–Crippen LogP) is 2.22. The molecule has 0 radical (unpaired) electrons. The first-order chi connectivity index (χ1) is 9.58. The third-order valence-electron chi connectivity index (χ3n) is 3.95. The quantitative estimate of drug-likeness (QED) is 0.838. The number of amides is 1. The van der Waals surface area contributed by atoms with Crippen molar-refractivity contribution in [1.82, 2.24) is 9.80 Å². The van der Waals surface area contributed by atoms with Gasteiger partial charge in [-0.25, -0.2) is 0 Å². The van der Waals surface area contributed by atoms with Gasteiger partial charge in [-0.2, -0.15) is 0 Å². The molecule has 1 aliphatic rings. The van der Waals surface area contributed by atoms with Gasteiger partial charge in [-0.1, -0.05) is 18.9 Å². The molecule has 0 heterocycles. The molecule has 2 N–H and O–H groups in total. The first-order valence-corrected chi connectivity index (χ1v) is 7.39. The third kappa shape index (κ3) is 3.73. The molecule has 0 bridgehead atoms. The Balaban J connectivity index is 2.14. The highest BCUT2D eigenvalue weighted by molar-refractivity contribution is 5.95. The van der Waals surface area contributed by atoms with E-state index >= 15 is 0 Å². The van der Waals surface area contributed by atoms with Crippen LogP contribution in [0.25, 0.3) is 0 Å². The molecule has 20 heavy (non-hydrogen) atoms. The topological polar surface area (TPSA) is 49.6 Å². The van der Waals surface area contributed by atoms with Gasteiger partial charge in [0.2, 0.25) is 0 Å². The van der Waals surface area contributed by atoms with Gasteiger partial charge in [-0.3, -0.25) is 4.79 Å². The fourth-order valence-electron chi connectivity index (χ4n) is 2.81. The van der Waals surface area contributed by atoms with Gasteiger partial charge in [-0.15, -0.1) is 0 Å². The molecule has 110 valence electrons. The van der Waals surface area contributed by atoms with Crippen molar-refractivity contribution < 1.29 is 4.79 Å². The summed E-state index contributed by atoms with van der Waals surface area (Å²) in [4.78, 5) is 16.9. The molecule has 0 aliphatic heterocycles. The third-order valence-corrected chi connectivity index (χ3v) is 3.95. The maximum absolute atomic E-state index is 12.7. The zero-order chi connectivity index (χ0) is 14.5. The zero-order valence-corrected chi connectivity index (χ0v) is 12.5. The minimum absolute atomic E-state index is 0.117. The first kappa shape index (κ1) is 14.9. The molecule has 4 nitrogen and oxygen atoms in total. The van der Waals surface area contributed by atoms with Gasteiger partial charge in [-0.05, 0) is 45.1 Å². The summed E-state index contributed by atoms with van der Waals surface area (Å²) in [5.41, 5.74) is 7.15. The van der Waals surface area contributed by atoms with Crippen molar-refractivity contribution in [3.63, 3.8) is 0 Å². The fraction of sp³-hybridized carbons (Fsp3) is 0.562. The fourth-order valence-corrected chi connectivity index (χ4v) is 2.81. The monoisotopic (exact) mass is 275 g/mol. The zero-order valence-electron chi connectivity index (χ0n) is 12.5. The number of hydrogen-bond donors (Lipinski definition) is 1. The van der Waals surface area contributed by atoms with Crippen molar-refractivity contribution in [2.24, 2.45) is 0 Å². The Morgan fingerprint density at radius 2 is 1.95 bits per heavy atom. The van der Waals surface area contributed by atoms with Crippen molar-refractivity contribution in [3.05, 3.63) is 29.8 Å². The molecule has 4 heteroatoms. The molecule has 1 aliphatic carbocycles. The molecule has 0 unspecified atom stereocenters. The minimum Gasteiger partial charge on any atom is -0.399 e. The summed E-state index contributed by atoms with van der Waals surface area (Å²) >= 11 is 0. The van der Waals surface area contributed by atoms with Crippen LogP contribution < -0.4 is 5.73 Å². The number of carbonyl (C=O) groups is 1. The Kier molecular flexibility index (Phi) is 5.01. The number of rotatable bonds is 5. The highest BCUT2D eigenvalue weighted by atomic mass is 16.2. The summed E-state index contributed by atoms with van der Waals surface area (Å²) in [5.74, 6) is 0.117. The largest absolute Gasteiger partial charge is 0.399 e. The van der Waals surface area contributed by atoms with Crippen LogP contribution in [0.5, 0.6) is 0 Å². The Morgan fingerprint density at radius 3 is 2.55 bits per heavy atom. The van der Waals surface area contributed by atoms with Gasteiger partial charge in [0.25, 0.3) is 5.91 Å². The van der Waals surface area contributed by atoms with E-state index in [-0.39, 0.29) is 5.91 Å². The first-order valence-electron chi connectivity index (χ1n) is 7.39. The Hall–Kier alpha value is -1.55. The molecule has 1 fully saturated rings. The van der Waals surface area contributed by atoms with E-state index in [9.17, 15) is 4.79 Å². The van der Waals surface area contributed by atoms with Crippen LogP contribution in [0.15, 0.2) is 24.3 Å². The Bertz CT molecular complexity index is 453. The van der Waals surface area contributed by atoms with Crippen LogP contribution in [-0.4, -0.2) is 48.9 Å². The molecule has 0 aromatic heterocycles. The van der Waals surface area contributed by atoms with E-state index in [2.05, 4.69) is 4.90 Å². The number of likely N-dealkylation sites (N-methyl/N-ethyl adjacent to an activating group) is 1. The molecule has 2 rings (SSSR count). The lowest BCUT2D eigenvalue weighted by molar-refractivity contribution is 0.0667. The summed E-state index contributed by atoms with van der Waals surface area (Å²) < 4.78 is 0. The smallest absolute Gasteiger partial charge is 0.254 e. The van der Waals surface area contributed by atoms with Gasteiger partial charge in [0.15, 0.2) is 0 Å². The van der Waals surface area contributed by atoms with E-state index in [0.29, 0.717) is 17.3 Å². The van der Waals surface area contributed by atoms with Crippen molar-refractivity contribution >= 4 is 11.6 Å². The van der Waals surface area contributed by atoms with Gasteiger partial charge in [0.1, 0.15) is 0 Å². The number of anilines is 1. The number of carbonyl (C=O) groups excluding carboxylic acids is 1. The predicted molar refractivity (Wildman–Crippen MR) is 82.7 cm³/mol. The van der Waals surface area contributed by atoms with Gasteiger partial charge in [0, 0.05) is 30.4 Å². The number of nitrogens with zero attached hydrogens (tertiary/aromatic N) is 2. The average Bonchev–Trinajstić information content (AvgIpc) is 2.92. The van der Waals surface area contributed by atoms with E-state index in [4.69, 9.17) is 5.73 Å². The second kappa shape index (κ2) is 6.75. The average molecular weight is 275 g/mol. The summed E-state index contributed by atoms with van der Waals surface area (Å²) in [7, 11) is 4.08. The summed E-state index contributed by atoms with van der Waals surface area (Å²) in [6.07, 6.45) is 4.71. The lowest BCUT2D eigenvalue weighted by Crippen LogP contribution is -2.42. The second-order valence-electron chi connectivity index (χ2n) is 5.87. The maximum atomic E-state index is 12.7. The molecular formula is C16H25N3O. The van der Waals surface area contributed by atoms with Crippen molar-refractivity contribution in [2.75, 3.05) is 32.9 Å². The highest BCUT2D eigenvalue weighted by Gasteiger charge is 2.27. The summed E-state index contributed by atoms with van der Waals surface area (Å²) in [6.45, 7) is 1.68. The molecule has 0 spiro atoms. The molecule has 1 aromatic rings. The lowest BCUT2D eigenvalue weighted by atomic mass is 10.1. The summed E-state index contributed by atoms with van der Waals surface area (Å²) in [6, 6.07) is 7.69. The Morgan fingerprint density at radius 1 is 1.25 bits per heavy atom. The van der Waals surface area contributed by atoms with Crippen LogP contribution in [0.2, 0.25) is 0 Å². The molecular weight excluding hydrogens is 250 g/mol. The maximum Gasteiger partial charge on any atom is 0.254 e. The standard InChI is InChI=1S/C16H25N3O/c1-18(2)10-11-19(15-8-3-4-9-15)16(20)13-6-5-7-14(17)12-13/h5-7,12,15H,3-4,8-11,17H2,1-2H3. The van der Waals surface area contributed by atoms with E-state index in [0.717, 1.165) is 25.9 Å². The molecule has 0 atom stereocenters. The number of nitrogens with two attached hydrogens (primary N) is 1. The van der Waals surface area contributed by atoms with Gasteiger partial charge < -0.3 is 15.5 Å². The Labute approximate surface area is 121 Å². The summed E-state index contributed by atoms with van der Waals surface area (Å²) in [5, 5.41) is 0. The molecule has 0 saturated heterocycles. The van der Waals surface area contributed by atoms with E-state index in [1.54, 1.807) is 6.07 Å². The molecule has 1 saturated carbocycles. The SMILES string of the molecule is CN(C)CCN(C(=O)c1cccc(N)c1)C1CCCC1. The van der Waals surface area contributed by atoms with Crippen LogP contribution in [-0.2, 0) is 0 Å². The van der Waals surface area contributed by atoms with Crippen LogP contribution >= 0.6 is 0 Å². The van der Waals surface area contributed by atoms with Crippen LogP contribution in [0, 0.1) is 0 Å². The van der Waals surface area contributed by atoms with E-state index in [1.165, 1.54) is 12.8 Å². The number of hydrogen-bond acceptors (Lipinski definition) is 3. The van der Waals surface area contributed by atoms with Crippen LogP contribution in [0.3, 0.4) is 0 Å². The van der Waals surface area contributed by atoms with Crippen LogP contribution in [0.4, 0.5) is 5.69 Å². The molecule has 1 amide bonds. The van der Waals surface area contributed by atoms with Crippen molar-refractivity contribution in [3.8, 4) is 0 Å². The number of benzene rings is 1. The van der Waals surface area contributed by atoms with Gasteiger partial charge >= 0.3 is 0 Å². The molecule has 1 aromatic carbocycles. The highest BCUT2D eigenvalue weighted by Crippen LogP contribution is 2.25. The van der Waals surface area contributed by atoms with Crippen molar-refractivity contribution in [1.29, 1.82) is 0 Å². The van der Waals surface area contributed by atoms with Gasteiger partial charge in [0.05, 0.1) is 0 Å². The van der Waals surface area contributed by atoms with Crippen molar-refractivity contribution in [2.45, 2.75) is 31.7 Å². The normalized spacial score (nSPS) is 15.8. The van der Waals surface area contributed by atoms with Crippen LogP contribution in [0.1, 0.15) is 36.0 Å². The minimum atomic E-state index is 0.117. The van der Waals surface area contributed by atoms with E-state index < -0.39 is 0 Å². The lowest BCUT2D eigenvalue weighted by Gasteiger charge is -2.30. The van der Waals surface area contributed by atoms with E-state index in [1.807, 2.05) is 37.2 Å².